The third-order valence-electron chi connectivity index (χ3n) is 5.75. The van der Waals surface area contributed by atoms with E-state index in [-0.39, 0.29) is 5.54 Å². The van der Waals surface area contributed by atoms with Crippen LogP contribution < -0.4 is 20.7 Å². The molecule has 0 atom stereocenters. The molecule has 0 bridgehead atoms. The maximum absolute atomic E-state index is 12.7. The number of hydrogen-bond acceptors (Lipinski definition) is 7. The van der Waals surface area contributed by atoms with Crippen LogP contribution in [0.25, 0.3) is 0 Å². The van der Waals surface area contributed by atoms with Crippen LogP contribution in [0.4, 0.5) is 23.1 Å². The minimum Gasteiger partial charge on any atom is -0.495 e. The summed E-state index contributed by atoms with van der Waals surface area (Å²) in [6.07, 6.45) is 1.52. The van der Waals surface area contributed by atoms with Crippen LogP contribution in [0, 0.1) is 0 Å². The molecule has 9 heteroatoms. The van der Waals surface area contributed by atoms with Crippen LogP contribution in [0.15, 0.2) is 48.7 Å². The predicted octanol–water partition coefficient (Wildman–Crippen LogP) is 5.67. The van der Waals surface area contributed by atoms with Gasteiger partial charge in [-0.25, -0.2) is 4.98 Å². The molecule has 7 nitrogen and oxygen atoms in total. The van der Waals surface area contributed by atoms with E-state index in [9.17, 15) is 4.57 Å². The van der Waals surface area contributed by atoms with Gasteiger partial charge in [0.2, 0.25) is 5.95 Å². The van der Waals surface area contributed by atoms with Crippen LogP contribution in [0.2, 0.25) is 5.02 Å². The molecule has 0 saturated carbocycles. The van der Waals surface area contributed by atoms with Crippen LogP contribution in [-0.2, 0) is 10.1 Å². The Labute approximate surface area is 200 Å². The highest BCUT2D eigenvalue weighted by molar-refractivity contribution is 7.70. The van der Waals surface area contributed by atoms with Gasteiger partial charge in [0.25, 0.3) is 0 Å². The molecular formula is C24H31ClN5O2P. The first kappa shape index (κ1) is 25.0. The lowest BCUT2D eigenvalue weighted by Crippen LogP contribution is -2.35. The Balaban J connectivity index is 1.92. The van der Waals surface area contributed by atoms with Gasteiger partial charge in [-0.05, 0) is 71.1 Å². The Kier molecular flexibility index (Phi) is 7.37. The van der Waals surface area contributed by atoms with E-state index < -0.39 is 7.14 Å². The van der Waals surface area contributed by atoms with Gasteiger partial charge >= 0.3 is 0 Å². The summed E-state index contributed by atoms with van der Waals surface area (Å²) in [5.41, 5.74) is 2.39. The van der Waals surface area contributed by atoms with E-state index in [1.54, 1.807) is 20.4 Å². The van der Waals surface area contributed by atoms with Gasteiger partial charge in [0, 0.05) is 10.8 Å². The van der Waals surface area contributed by atoms with Crippen molar-refractivity contribution in [2.24, 2.45) is 0 Å². The lowest BCUT2D eigenvalue weighted by atomic mass is 9.92. The van der Waals surface area contributed by atoms with E-state index in [0.717, 1.165) is 16.6 Å². The quantitative estimate of drug-likeness (QED) is 0.396. The molecular weight excluding hydrogens is 457 g/mol. The van der Waals surface area contributed by atoms with E-state index in [4.69, 9.17) is 16.3 Å². The van der Waals surface area contributed by atoms with Gasteiger partial charge in [0.15, 0.2) is 5.82 Å². The Hall–Kier alpha value is -2.60. The molecule has 0 unspecified atom stereocenters. The van der Waals surface area contributed by atoms with Crippen molar-refractivity contribution >= 4 is 47.2 Å². The number of hydrogen-bond donors (Lipinski definition) is 2. The van der Waals surface area contributed by atoms with Crippen molar-refractivity contribution < 1.29 is 9.30 Å². The number of nitrogens with zero attached hydrogens (tertiary/aromatic N) is 3. The Morgan fingerprint density at radius 3 is 2.39 bits per heavy atom. The van der Waals surface area contributed by atoms with Crippen molar-refractivity contribution in [2.75, 3.05) is 45.2 Å². The molecule has 3 aromatic rings. The first-order chi connectivity index (χ1) is 15.4. The maximum Gasteiger partial charge on any atom is 0.229 e. The first-order valence-corrected chi connectivity index (χ1v) is 13.5. The van der Waals surface area contributed by atoms with Crippen molar-refractivity contribution in [1.29, 1.82) is 0 Å². The molecule has 33 heavy (non-hydrogen) atoms. The molecule has 1 aromatic heterocycles. The zero-order valence-corrected chi connectivity index (χ0v) is 21.8. The molecule has 0 spiro atoms. The summed E-state index contributed by atoms with van der Waals surface area (Å²) in [5.74, 6) is 1.45. The minimum atomic E-state index is -2.50. The van der Waals surface area contributed by atoms with E-state index in [1.807, 2.05) is 50.5 Å². The summed E-state index contributed by atoms with van der Waals surface area (Å²) < 4.78 is 18.3. The molecule has 176 valence electrons. The minimum absolute atomic E-state index is 0.162. The van der Waals surface area contributed by atoms with Crippen LogP contribution in [0.3, 0.4) is 0 Å². The zero-order chi connectivity index (χ0) is 24.4. The molecule has 0 aliphatic carbocycles. The number of benzene rings is 2. The molecule has 0 fully saturated rings. The van der Waals surface area contributed by atoms with Gasteiger partial charge in [-0.15, -0.1) is 0 Å². The van der Waals surface area contributed by atoms with Gasteiger partial charge in [-0.2, -0.15) is 4.98 Å². The van der Waals surface area contributed by atoms with Gasteiger partial charge < -0.3 is 24.8 Å². The van der Waals surface area contributed by atoms with Crippen LogP contribution >= 0.6 is 18.7 Å². The smallest absolute Gasteiger partial charge is 0.229 e. The lowest BCUT2D eigenvalue weighted by molar-refractivity contribution is 0.197. The van der Waals surface area contributed by atoms with Gasteiger partial charge in [-0.1, -0.05) is 29.8 Å². The summed E-state index contributed by atoms with van der Waals surface area (Å²) in [6, 6.07) is 13.4. The Morgan fingerprint density at radius 2 is 1.76 bits per heavy atom. The second kappa shape index (κ2) is 9.72. The lowest BCUT2D eigenvalue weighted by Gasteiger charge is -2.33. The van der Waals surface area contributed by atoms with E-state index in [0.29, 0.717) is 28.2 Å². The number of halogens is 1. The average molecular weight is 488 g/mol. The molecule has 0 aliphatic rings. The fourth-order valence-electron chi connectivity index (χ4n) is 3.25. The van der Waals surface area contributed by atoms with Gasteiger partial charge in [-0.3, -0.25) is 0 Å². The van der Waals surface area contributed by atoms with Gasteiger partial charge in [0.05, 0.1) is 24.7 Å². The molecule has 2 N–H and O–H groups in total. The fourth-order valence-corrected chi connectivity index (χ4v) is 4.54. The summed E-state index contributed by atoms with van der Waals surface area (Å²) in [7, 11) is 3.23. The van der Waals surface area contributed by atoms with Crippen LogP contribution in [0.1, 0.15) is 19.4 Å². The highest BCUT2D eigenvalue weighted by Gasteiger charge is 2.24. The Morgan fingerprint density at radius 1 is 1.06 bits per heavy atom. The predicted molar refractivity (Wildman–Crippen MR) is 139 cm³/mol. The summed E-state index contributed by atoms with van der Waals surface area (Å²) in [4.78, 5) is 11.0. The summed E-state index contributed by atoms with van der Waals surface area (Å²) in [6.45, 7) is 7.77. The topological polar surface area (TPSA) is 79.4 Å². The zero-order valence-electron chi connectivity index (χ0n) is 20.1. The number of aromatic nitrogens is 2. The number of rotatable bonds is 8. The van der Waals surface area contributed by atoms with E-state index in [1.165, 1.54) is 6.20 Å². The second-order valence-electron chi connectivity index (χ2n) is 8.88. The Bertz CT molecular complexity index is 1190. The number of methoxy groups -OCH3 is 1. The molecule has 0 saturated heterocycles. The molecule has 1 heterocycles. The van der Waals surface area contributed by atoms with Crippen molar-refractivity contribution in [1.82, 2.24) is 14.9 Å². The van der Waals surface area contributed by atoms with E-state index >= 15 is 0 Å². The summed E-state index contributed by atoms with van der Waals surface area (Å²) >= 11 is 6.36. The highest BCUT2D eigenvalue weighted by Crippen LogP contribution is 2.39. The largest absolute Gasteiger partial charge is 0.495 e. The van der Waals surface area contributed by atoms with Crippen LogP contribution in [-0.4, -0.2) is 49.4 Å². The third-order valence-corrected chi connectivity index (χ3v) is 7.58. The number of para-hydroxylation sites is 1. The number of ether oxygens (including phenoxy) is 1. The second-order valence-corrected chi connectivity index (χ2v) is 12.5. The highest BCUT2D eigenvalue weighted by atomic mass is 35.5. The molecule has 0 aliphatic heterocycles. The molecule has 0 amide bonds. The van der Waals surface area contributed by atoms with Crippen molar-refractivity contribution in [2.45, 2.75) is 19.4 Å². The van der Waals surface area contributed by atoms with Crippen molar-refractivity contribution in [3.05, 3.63) is 59.2 Å². The SMILES string of the molecule is COc1cc(C(C)(C)N(C)C)ccc1Nc1ncc(Cl)c(Nc2ccccc2P(C)(C)=O)n1. The van der Waals surface area contributed by atoms with Gasteiger partial charge in [0.1, 0.15) is 17.9 Å². The first-order valence-electron chi connectivity index (χ1n) is 10.5. The molecule has 0 radical (unpaired) electrons. The van der Waals surface area contributed by atoms with Crippen molar-refractivity contribution in [3.8, 4) is 5.75 Å². The average Bonchev–Trinajstić information content (AvgIpc) is 2.75. The molecule has 3 rings (SSSR count). The number of anilines is 4. The fraction of sp³-hybridized carbons (Fsp3) is 0.333. The van der Waals surface area contributed by atoms with E-state index in [2.05, 4.69) is 45.4 Å². The molecule has 2 aromatic carbocycles. The number of nitrogens with one attached hydrogen (secondary N) is 2. The normalized spacial score (nSPS) is 12.0. The summed E-state index contributed by atoms with van der Waals surface area (Å²) in [5, 5.41) is 7.51. The monoisotopic (exact) mass is 487 g/mol. The van der Waals surface area contributed by atoms with Crippen LogP contribution in [0.5, 0.6) is 5.75 Å². The third kappa shape index (κ3) is 5.67. The van der Waals surface area contributed by atoms with Crippen molar-refractivity contribution in [3.63, 3.8) is 0 Å². The standard InChI is InChI=1S/C24H31ClN5O2P/c1-24(2,30(3)4)16-12-13-18(20(14-16)32-5)28-23-26-15-17(25)22(29-23)27-19-10-8-9-11-21(19)33(6,7)31/h8-15H,1-7H3,(H2,26,27,28,29). The maximum atomic E-state index is 12.7.